The standard InChI is InChI=1S/C30H34N2O3/c31-20-23-13-17-27(18-14-23)29(33)32-28(30(34)35-21-24-7-3-1-4-8-24)19-22-11-15-26(16-12-22)25-9-5-2-6-10-25/h1-12,15-16,23,27-28H,13-14,17-21,31H2,(H,32,33)/t23?,27?,28-/m0/s1. The molecule has 0 bridgehead atoms. The fraction of sp³-hybridized carbons (Fsp3) is 0.333. The molecule has 3 aromatic carbocycles. The number of esters is 1. The van der Waals surface area contributed by atoms with Gasteiger partial charge in [0.15, 0.2) is 0 Å². The predicted octanol–water partition coefficient (Wildman–Crippen LogP) is 4.89. The quantitative estimate of drug-likeness (QED) is 0.436. The second-order valence-corrected chi connectivity index (χ2v) is 9.37. The van der Waals surface area contributed by atoms with E-state index in [0.29, 0.717) is 18.9 Å². The van der Waals surface area contributed by atoms with Crippen molar-refractivity contribution in [3.8, 4) is 11.1 Å². The van der Waals surface area contributed by atoms with Gasteiger partial charge in [-0.05, 0) is 60.4 Å². The molecule has 1 saturated carbocycles. The van der Waals surface area contributed by atoms with E-state index in [2.05, 4.69) is 17.4 Å². The van der Waals surface area contributed by atoms with Crippen molar-refractivity contribution >= 4 is 11.9 Å². The molecule has 1 fully saturated rings. The van der Waals surface area contributed by atoms with Gasteiger partial charge < -0.3 is 15.8 Å². The maximum Gasteiger partial charge on any atom is 0.329 e. The monoisotopic (exact) mass is 470 g/mol. The third kappa shape index (κ3) is 7.03. The summed E-state index contributed by atoms with van der Waals surface area (Å²) >= 11 is 0. The Labute approximate surface area is 207 Å². The lowest BCUT2D eigenvalue weighted by atomic mass is 9.81. The zero-order chi connectivity index (χ0) is 24.5. The molecule has 0 aliphatic heterocycles. The topological polar surface area (TPSA) is 81.4 Å². The van der Waals surface area contributed by atoms with Crippen LogP contribution in [0.3, 0.4) is 0 Å². The minimum atomic E-state index is -0.735. The average molecular weight is 471 g/mol. The number of hydrogen-bond acceptors (Lipinski definition) is 4. The number of nitrogens with two attached hydrogens (primary N) is 1. The maximum atomic E-state index is 13.1. The fourth-order valence-corrected chi connectivity index (χ4v) is 4.67. The molecule has 3 N–H and O–H groups in total. The van der Waals surface area contributed by atoms with E-state index in [1.54, 1.807) is 0 Å². The molecule has 0 radical (unpaired) electrons. The van der Waals surface area contributed by atoms with Crippen LogP contribution in [-0.2, 0) is 27.4 Å². The van der Waals surface area contributed by atoms with Gasteiger partial charge in [0.25, 0.3) is 0 Å². The number of nitrogens with one attached hydrogen (secondary N) is 1. The van der Waals surface area contributed by atoms with Crippen LogP contribution in [0.25, 0.3) is 11.1 Å². The largest absolute Gasteiger partial charge is 0.459 e. The molecule has 1 aliphatic rings. The summed E-state index contributed by atoms with van der Waals surface area (Å²) in [4.78, 5) is 26.1. The van der Waals surface area contributed by atoms with Crippen LogP contribution < -0.4 is 11.1 Å². The Kier molecular flexibility index (Phi) is 8.68. The first kappa shape index (κ1) is 24.7. The Morgan fingerprint density at radius 2 is 1.40 bits per heavy atom. The molecule has 4 rings (SSSR count). The number of benzene rings is 3. The molecule has 3 aromatic rings. The van der Waals surface area contributed by atoms with Gasteiger partial charge in [0.1, 0.15) is 12.6 Å². The molecule has 0 aromatic heterocycles. The summed E-state index contributed by atoms with van der Waals surface area (Å²) in [5.74, 6) is -0.0653. The summed E-state index contributed by atoms with van der Waals surface area (Å²) in [6.45, 7) is 0.850. The zero-order valence-electron chi connectivity index (χ0n) is 20.1. The van der Waals surface area contributed by atoms with Crippen LogP contribution in [0.5, 0.6) is 0 Å². The molecule has 0 spiro atoms. The molecule has 0 unspecified atom stereocenters. The van der Waals surface area contributed by atoms with E-state index in [1.807, 2.05) is 72.8 Å². The second kappa shape index (κ2) is 12.3. The van der Waals surface area contributed by atoms with Gasteiger partial charge in [0, 0.05) is 12.3 Å². The van der Waals surface area contributed by atoms with Crippen molar-refractivity contribution in [2.24, 2.45) is 17.6 Å². The van der Waals surface area contributed by atoms with Crippen molar-refractivity contribution in [3.63, 3.8) is 0 Å². The highest BCUT2D eigenvalue weighted by Gasteiger charge is 2.30. The van der Waals surface area contributed by atoms with E-state index >= 15 is 0 Å². The summed E-state index contributed by atoms with van der Waals surface area (Å²) in [6, 6.07) is 27.1. The number of amides is 1. The van der Waals surface area contributed by atoms with Gasteiger partial charge in [-0.15, -0.1) is 0 Å². The van der Waals surface area contributed by atoms with Crippen LogP contribution in [-0.4, -0.2) is 24.5 Å². The zero-order valence-corrected chi connectivity index (χ0v) is 20.1. The van der Waals surface area contributed by atoms with E-state index in [-0.39, 0.29) is 18.4 Å². The molecule has 5 heteroatoms. The second-order valence-electron chi connectivity index (χ2n) is 9.37. The molecule has 5 nitrogen and oxygen atoms in total. The number of hydrogen-bond donors (Lipinski definition) is 2. The summed E-state index contributed by atoms with van der Waals surface area (Å²) in [6.07, 6.45) is 3.92. The number of ether oxygens (including phenoxy) is 1. The normalized spacial score (nSPS) is 18.4. The van der Waals surface area contributed by atoms with E-state index in [4.69, 9.17) is 10.5 Å². The van der Waals surface area contributed by atoms with Crippen molar-refractivity contribution in [3.05, 3.63) is 96.1 Å². The van der Waals surface area contributed by atoms with Gasteiger partial charge in [-0.2, -0.15) is 0 Å². The molecule has 35 heavy (non-hydrogen) atoms. The van der Waals surface area contributed by atoms with Crippen LogP contribution in [0.4, 0.5) is 0 Å². The van der Waals surface area contributed by atoms with Crippen molar-refractivity contribution in [1.82, 2.24) is 5.32 Å². The Morgan fingerprint density at radius 3 is 2.03 bits per heavy atom. The minimum absolute atomic E-state index is 0.0666. The summed E-state index contributed by atoms with van der Waals surface area (Å²) in [7, 11) is 0. The first-order valence-electron chi connectivity index (χ1n) is 12.5. The van der Waals surface area contributed by atoms with Gasteiger partial charge >= 0.3 is 5.97 Å². The number of carbonyl (C=O) groups is 2. The van der Waals surface area contributed by atoms with Gasteiger partial charge in [-0.1, -0.05) is 84.9 Å². The third-order valence-corrected chi connectivity index (χ3v) is 6.88. The summed E-state index contributed by atoms with van der Waals surface area (Å²) in [5, 5.41) is 3.01. The van der Waals surface area contributed by atoms with Crippen molar-refractivity contribution in [1.29, 1.82) is 0 Å². The molecule has 1 atom stereocenters. The van der Waals surface area contributed by atoms with Crippen molar-refractivity contribution in [2.45, 2.75) is 44.8 Å². The Morgan fingerprint density at radius 1 is 0.800 bits per heavy atom. The minimum Gasteiger partial charge on any atom is -0.459 e. The Hall–Kier alpha value is -3.44. The highest BCUT2D eigenvalue weighted by Crippen LogP contribution is 2.28. The molecular formula is C30H34N2O3. The van der Waals surface area contributed by atoms with Gasteiger partial charge in [0.05, 0.1) is 0 Å². The van der Waals surface area contributed by atoms with Gasteiger partial charge in [-0.25, -0.2) is 4.79 Å². The lowest BCUT2D eigenvalue weighted by molar-refractivity contribution is -0.149. The van der Waals surface area contributed by atoms with E-state index < -0.39 is 12.0 Å². The summed E-state index contributed by atoms with van der Waals surface area (Å²) < 4.78 is 5.61. The Bertz CT molecular complexity index is 1080. The third-order valence-electron chi connectivity index (χ3n) is 6.88. The highest BCUT2D eigenvalue weighted by molar-refractivity contribution is 5.86. The molecule has 1 aliphatic carbocycles. The average Bonchev–Trinajstić information content (AvgIpc) is 2.93. The summed E-state index contributed by atoms with van der Waals surface area (Å²) in [5.41, 5.74) is 9.93. The first-order valence-corrected chi connectivity index (χ1v) is 12.5. The van der Waals surface area contributed by atoms with E-state index in [1.165, 1.54) is 0 Å². The van der Waals surface area contributed by atoms with Gasteiger partial charge in [-0.3, -0.25) is 4.79 Å². The number of carbonyl (C=O) groups excluding carboxylic acids is 2. The molecule has 1 amide bonds. The smallest absolute Gasteiger partial charge is 0.329 e. The van der Waals surface area contributed by atoms with Crippen LogP contribution in [0, 0.1) is 11.8 Å². The fourth-order valence-electron chi connectivity index (χ4n) is 4.67. The lowest BCUT2D eigenvalue weighted by Gasteiger charge is -2.28. The molecular weight excluding hydrogens is 436 g/mol. The Balaban J connectivity index is 1.43. The maximum absolute atomic E-state index is 13.1. The van der Waals surface area contributed by atoms with Crippen LogP contribution in [0.15, 0.2) is 84.9 Å². The lowest BCUT2D eigenvalue weighted by Crippen LogP contribution is -2.46. The molecule has 0 heterocycles. The van der Waals surface area contributed by atoms with Crippen LogP contribution >= 0.6 is 0 Å². The number of rotatable bonds is 9. The van der Waals surface area contributed by atoms with Crippen molar-refractivity contribution < 1.29 is 14.3 Å². The molecule has 0 saturated heterocycles. The van der Waals surface area contributed by atoms with Crippen LogP contribution in [0.2, 0.25) is 0 Å². The van der Waals surface area contributed by atoms with Crippen LogP contribution in [0.1, 0.15) is 36.8 Å². The SMILES string of the molecule is NCC1CCC(C(=O)N[C@@H](Cc2ccc(-c3ccccc3)cc2)C(=O)OCc2ccccc2)CC1. The van der Waals surface area contributed by atoms with E-state index in [9.17, 15) is 9.59 Å². The van der Waals surface area contributed by atoms with E-state index in [0.717, 1.165) is 47.9 Å². The van der Waals surface area contributed by atoms with Gasteiger partial charge in [0.2, 0.25) is 5.91 Å². The molecule has 182 valence electrons. The highest BCUT2D eigenvalue weighted by atomic mass is 16.5. The van der Waals surface area contributed by atoms with Crippen molar-refractivity contribution in [2.75, 3.05) is 6.54 Å². The predicted molar refractivity (Wildman–Crippen MR) is 138 cm³/mol. The first-order chi connectivity index (χ1) is 17.1.